The molecule has 0 atom stereocenters. The first-order valence-corrected chi connectivity index (χ1v) is 12.3. The summed E-state index contributed by atoms with van der Waals surface area (Å²) in [4.78, 5) is 31.1. The van der Waals surface area contributed by atoms with Gasteiger partial charge in [-0.2, -0.15) is 0 Å². The molecule has 3 aromatic heterocycles. The molecule has 4 heterocycles. The van der Waals surface area contributed by atoms with Crippen molar-refractivity contribution in [3.63, 3.8) is 0 Å². The quantitative estimate of drug-likeness (QED) is 0.419. The Morgan fingerprint density at radius 1 is 1.06 bits per heavy atom. The number of piperazine rings is 1. The van der Waals surface area contributed by atoms with Crippen LogP contribution < -0.4 is 15.5 Å². The van der Waals surface area contributed by atoms with E-state index in [-0.39, 0.29) is 11.9 Å². The maximum absolute atomic E-state index is 12.4. The van der Waals surface area contributed by atoms with E-state index in [4.69, 9.17) is 33.2 Å². The number of amides is 1. The largest absolute Gasteiger partial charge is 0.354 e. The normalized spacial score (nSPS) is 16.7. The minimum Gasteiger partial charge on any atom is -0.354 e. The molecule has 1 saturated heterocycles. The van der Waals surface area contributed by atoms with Gasteiger partial charge in [-0.1, -0.05) is 23.2 Å². The van der Waals surface area contributed by atoms with Gasteiger partial charge in [-0.3, -0.25) is 9.20 Å². The average Bonchev–Trinajstić information content (AvgIpc) is 3.52. The van der Waals surface area contributed by atoms with Crippen LogP contribution in [0.1, 0.15) is 23.2 Å². The number of hydrogen-bond acceptors (Lipinski definition) is 7. The van der Waals surface area contributed by atoms with Gasteiger partial charge < -0.3 is 20.4 Å². The molecule has 9 nitrogen and oxygen atoms in total. The van der Waals surface area contributed by atoms with Crippen molar-refractivity contribution in [1.29, 1.82) is 0 Å². The lowest BCUT2D eigenvalue weighted by Crippen LogP contribution is -2.44. The molecular weight excluding hydrogens is 487 g/mol. The van der Waals surface area contributed by atoms with Gasteiger partial charge in [-0.25, -0.2) is 15.0 Å². The molecule has 2 N–H and O–H groups in total. The number of imidazole rings is 1. The molecule has 0 unspecified atom stereocenters. The average molecular weight is 511 g/mol. The second-order valence-corrected chi connectivity index (χ2v) is 9.91. The number of nitrogens with zero attached hydrogens (tertiary/aromatic N) is 6. The van der Waals surface area contributed by atoms with Crippen molar-refractivity contribution in [3.05, 3.63) is 52.4 Å². The second-order valence-electron chi connectivity index (χ2n) is 9.10. The molecule has 1 saturated carbocycles. The number of aromatic nitrogens is 4. The Kier molecular flexibility index (Phi) is 5.63. The number of hydrogen-bond donors (Lipinski definition) is 2. The maximum atomic E-state index is 12.4. The summed E-state index contributed by atoms with van der Waals surface area (Å²) in [6, 6.07) is 7.45. The first-order chi connectivity index (χ1) is 17.0. The lowest BCUT2D eigenvalue weighted by Gasteiger charge is -2.33. The number of likely N-dealkylation sites (N-methyl/N-ethyl adjacent to an activating group) is 1. The third-order valence-electron chi connectivity index (χ3n) is 6.47. The fourth-order valence-corrected chi connectivity index (χ4v) is 4.84. The van der Waals surface area contributed by atoms with Crippen molar-refractivity contribution >= 4 is 63.1 Å². The van der Waals surface area contributed by atoms with E-state index in [0.717, 1.165) is 56.0 Å². The van der Waals surface area contributed by atoms with Crippen LogP contribution in [0.15, 0.2) is 36.8 Å². The standard InChI is InChI=1S/C24H24Cl2N8O/c1-32-6-8-33(9-7-32)20-5-4-18-23(30-20)34-13-27-12-19(34)22(29-18)31-21-16(25)10-14(11-17(21)26)24(35)28-15-2-3-15/h4-5,10-13,15H,2-3,6-9H2,1H3,(H,28,35)(H,29,31). The molecule has 0 bridgehead atoms. The molecule has 2 fully saturated rings. The number of nitrogens with one attached hydrogen (secondary N) is 2. The summed E-state index contributed by atoms with van der Waals surface area (Å²) in [6.07, 6.45) is 5.46. The molecule has 6 rings (SSSR count). The third kappa shape index (κ3) is 4.35. The zero-order valence-electron chi connectivity index (χ0n) is 19.1. The molecule has 35 heavy (non-hydrogen) atoms. The van der Waals surface area contributed by atoms with Gasteiger partial charge in [0.15, 0.2) is 11.5 Å². The van der Waals surface area contributed by atoms with Crippen molar-refractivity contribution in [1.82, 2.24) is 29.6 Å². The van der Waals surface area contributed by atoms with Crippen molar-refractivity contribution in [2.24, 2.45) is 0 Å². The van der Waals surface area contributed by atoms with Crippen LogP contribution in [0.5, 0.6) is 0 Å². The molecule has 2 aliphatic rings. The number of anilines is 3. The van der Waals surface area contributed by atoms with E-state index in [0.29, 0.717) is 32.6 Å². The highest BCUT2D eigenvalue weighted by Crippen LogP contribution is 2.36. The van der Waals surface area contributed by atoms with Crippen LogP contribution in [-0.2, 0) is 0 Å². The summed E-state index contributed by atoms with van der Waals surface area (Å²) in [5.74, 6) is 1.30. The summed E-state index contributed by atoms with van der Waals surface area (Å²) in [6.45, 7) is 3.87. The van der Waals surface area contributed by atoms with Gasteiger partial charge in [0.2, 0.25) is 0 Å². The Bertz CT molecular complexity index is 1420. The van der Waals surface area contributed by atoms with Crippen molar-refractivity contribution in [2.75, 3.05) is 43.4 Å². The highest BCUT2D eigenvalue weighted by Gasteiger charge is 2.25. The number of carbonyl (C=O) groups excluding carboxylic acids is 1. The predicted octanol–water partition coefficient (Wildman–Crippen LogP) is 3.97. The molecule has 1 amide bonds. The van der Waals surface area contributed by atoms with E-state index in [9.17, 15) is 4.79 Å². The fourth-order valence-electron chi connectivity index (χ4n) is 4.25. The number of pyridine rings is 1. The first kappa shape index (κ1) is 22.3. The van der Waals surface area contributed by atoms with E-state index in [1.165, 1.54) is 0 Å². The maximum Gasteiger partial charge on any atom is 0.251 e. The van der Waals surface area contributed by atoms with Gasteiger partial charge >= 0.3 is 0 Å². The van der Waals surface area contributed by atoms with E-state index in [2.05, 4.69) is 32.5 Å². The number of halogens is 2. The predicted molar refractivity (Wildman–Crippen MR) is 138 cm³/mol. The topological polar surface area (TPSA) is 90.7 Å². The van der Waals surface area contributed by atoms with Crippen LogP contribution in [0, 0.1) is 0 Å². The van der Waals surface area contributed by atoms with E-state index >= 15 is 0 Å². The van der Waals surface area contributed by atoms with Crippen LogP contribution in [0.4, 0.5) is 17.3 Å². The minimum atomic E-state index is -0.174. The molecule has 0 spiro atoms. The van der Waals surface area contributed by atoms with E-state index in [1.807, 2.05) is 16.5 Å². The lowest BCUT2D eigenvalue weighted by atomic mass is 10.2. The van der Waals surface area contributed by atoms with Crippen LogP contribution in [-0.4, -0.2) is 69.4 Å². The van der Waals surface area contributed by atoms with Crippen molar-refractivity contribution in [3.8, 4) is 0 Å². The van der Waals surface area contributed by atoms with Gasteiger partial charge in [0.1, 0.15) is 23.2 Å². The first-order valence-electron chi connectivity index (χ1n) is 11.6. The SMILES string of the molecule is CN1CCN(c2ccc3nc(Nc4c(Cl)cc(C(=O)NC5CC5)cc4Cl)c4cncn4c3n2)CC1. The lowest BCUT2D eigenvalue weighted by molar-refractivity contribution is 0.0951. The second kappa shape index (κ2) is 8.82. The molecule has 11 heteroatoms. The van der Waals surface area contributed by atoms with Crippen LogP contribution in [0.25, 0.3) is 16.7 Å². The Hall–Kier alpha value is -3.14. The van der Waals surface area contributed by atoms with Gasteiger partial charge in [-0.15, -0.1) is 0 Å². The zero-order chi connectivity index (χ0) is 24.1. The molecule has 0 radical (unpaired) electrons. The number of carbonyl (C=O) groups is 1. The van der Waals surface area contributed by atoms with Crippen LogP contribution in [0.3, 0.4) is 0 Å². The molecule has 4 aromatic rings. The number of rotatable bonds is 5. The van der Waals surface area contributed by atoms with Gasteiger partial charge in [0, 0.05) is 37.8 Å². The molecular formula is C24H24Cl2N8O. The van der Waals surface area contributed by atoms with Crippen LogP contribution in [0.2, 0.25) is 10.0 Å². The Labute approximate surface area is 212 Å². The summed E-state index contributed by atoms with van der Waals surface area (Å²) < 4.78 is 1.91. The number of fused-ring (bicyclic) bond motifs is 3. The molecule has 180 valence electrons. The molecule has 1 aromatic carbocycles. The monoisotopic (exact) mass is 510 g/mol. The van der Waals surface area contributed by atoms with E-state index < -0.39 is 0 Å². The summed E-state index contributed by atoms with van der Waals surface area (Å²) in [5.41, 5.74) is 3.09. The van der Waals surface area contributed by atoms with Gasteiger partial charge in [-0.05, 0) is 44.2 Å². The minimum absolute atomic E-state index is 0.174. The van der Waals surface area contributed by atoms with E-state index in [1.54, 1.807) is 24.7 Å². The summed E-state index contributed by atoms with van der Waals surface area (Å²) in [5, 5.41) is 6.87. The number of benzene rings is 1. The Morgan fingerprint density at radius 3 is 2.51 bits per heavy atom. The highest BCUT2D eigenvalue weighted by atomic mass is 35.5. The highest BCUT2D eigenvalue weighted by molar-refractivity contribution is 6.40. The van der Waals surface area contributed by atoms with Gasteiger partial charge in [0.25, 0.3) is 5.91 Å². The molecule has 1 aliphatic carbocycles. The zero-order valence-corrected chi connectivity index (χ0v) is 20.6. The van der Waals surface area contributed by atoms with Crippen molar-refractivity contribution < 1.29 is 4.79 Å². The fraction of sp³-hybridized carbons (Fsp3) is 0.333. The van der Waals surface area contributed by atoms with Crippen LogP contribution >= 0.6 is 23.2 Å². The molecule has 1 aliphatic heterocycles. The Balaban J connectivity index is 1.34. The third-order valence-corrected chi connectivity index (χ3v) is 7.07. The summed E-state index contributed by atoms with van der Waals surface area (Å²) in [7, 11) is 2.13. The Morgan fingerprint density at radius 2 is 1.80 bits per heavy atom. The van der Waals surface area contributed by atoms with Gasteiger partial charge in [0.05, 0.1) is 21.9 Å². The summed E-state index contributed by atoms with van der Waals surface area (Å²) >= 11 is 13.1. The smallest absolute Gasteiger partial charge is 0.251 e. The van der Waals surface area contributed by atoms with Crippen molar-refractivity contribution in [2.45, 2.75) is 18.9 Å².